The molecule has 0 spiro atoms. The molecule has 6 nitrogen and oxygen atoms in total. The van der Waals surface area contributed by atoms with Crippen LogP contribution in [0.25, 0.3) is 0 Å². The van der Waals surface area contributed by atoms with E-state index in [4.69, 9.17) is 4.74 Å². The lowest BCUT2D eigenvalue weighted by molar-refractivity contribution is -0.116. The Balaban J connectivity index is 2.01. The molecule has 1 aromatic heterocycles. The molecule has 0 atom stereocenters. The molecule has 138 valence electrons. The lowest BCUT2D eigenvalue weighted by Crippen LogP contribution is -2.23. The van der Waals surface area contributed by atoms with Gasteiger partial charge >= 0.3 is 0 Å². The maximum atomic E-state index is 12.4. The zero-order valence-electron chi connectivity index (χ0n) is 15.6. The average molecular weight is 355 g/mol. The Kier molecular flexibility index (Phi) is 6.72. The number of aryl methyl sites for hydroxylation is 1. The van der Waals surface area contributed by atoms with Gasteiger partial charge in [0.1, 0.15) is 5.75 Å². The van der Waals surface area contributed by atoms with Gasteiger partial charge in [-0.2, -0.15) is 0 Å². The number of aromatic nitrogens is 1. The molecule has 0 aliphatic heterocycles. The van der Waals surface area contributed by atoms with Gasteiger partial charge < -0.3 is 15.4 Å². The molecule has 0 saturated heterocycles. The highest BCUT2D eigenvalue weighted by molar-refractivity contribution is 5.96. The Hall–Kier alpha value is -2.89. The van der Waals surface area contributed by atoms with E-state index < -0.39 is 0 Å². The number of carbonyl (C=O) groups is 2. The van der Waals surface area contributed by atoms with E-state index in [-0.39, 0.29) is 11.8 Å². The quantitative estimate of drug-likeness (QED) is 0.798. The van der Waals surface area contributed by atoms with E-state index in [1.54, 1.807) is 43.8 Å². The largest absolute Gasteiger partial charge is 0.496 e. The average Bonchev–Trinajstić information content (AvgIpc) is 2.60. The van der Waals surface area contributed by atoms with Crippen molar-refractivity contribution in [1.82, 2.24) is 10.3 Å². The Morgan fingerprint density at radius 2 is 2.00 bits per heavy atom. The molecule has 2 rings (SSSR count). The van der Waals surface area contributed by atoms with E-state index in [1.165, 1.54) is 0 Å². The molecule has 6 heteroatoms. The van der Waals surface area contributed by atoms with Crippen LogP contribution in [-0.2, 0) is 11.3 Å². The maximum absolute atomic E-state index is 12.4. The van der Waals surface area contributed by atoms with Crippen molar-refractivity contribution < 1.29 is 14.3 Å². The molecule has 1 heterocycles. The fourth-order valence-electron chi connectivity index (χ4n) is 2.54. The van der Waals surface area contributed by atoms with Gasteiger partial charge in [0.2, 0.25) is 5.91 Å². The normalized spacial score (nSPS) is 10.5. The summed E-state index contributed by atoms with van der Waals surface area (Å²) < 4.78 is 5.25. The van der Waals surface area contributed by atoms with Gasteiger partial charge in [0.25, 0.3) is 5.91 Å². The highest BCUT2D eigenvalue weighted by atomic mass is 16.5. The van der Waals surface area contributed by atoms with Crippen molar-refractivity contribution in [2.45, 2.75) is 33.7 Å². The number of nitrogens with zero attached hydrogens (tertiary/aromatic N) is 1. The van der Waals surface area contributed by atoms with Crippen molar-refractivity contribution in [3.63, 3.8) is 0 Å². The molecular formula is C20H25N3O3. The third-order valence-electron chi connectivity index (χ3n) is 3.87. The minimum atomic E-state index is -0.195. The van der Waals surface area contributed by atoms with E-state index >= 15 is 0 Å². The predicted octanol–water partition coefficient (Wildman–Crippen LogP) is 3.31. The molecule has 2 aromatic rings. The van der Waals surface area contributed by atoms with Crippen LogP contribution >= 0.6 is 0 Å². The van der Waals surface area contributed by atoms with Gasteiger partial charge in [-0.25, -0.2) is 0 Å². The van der Waals surface area contributed by atoms with Crippen LogP contribution < -0.4 is 15.4 Å². The Labute approximate surface area is 154 Å². The smallest absolute Gasteiger partial charge is 0.251 e. The number of carbonyl (C=O) groups excluding carboxylic acids is 2. The monoisotopic (exact) mass is 355 g/mol. The molecule has 26 heavy (non-hydrogen) atoms. The zero-order valence-corrected chi connectivity index (χ0v) is 15.6. The molecule has 0 saturated carbocycles. The summed E-state index contributed by atoms with van der Waals surface area (Å²) in [4.78, 5) is 28.3. The number of anilines is 1. The Bertz CT molecular complexity index is 788. The van der Waals surface area contributed by atoms with Crippen molar-refractivity contribution in [2.75, 3.05) is 12.4 Å². The number of ether oxygens (including phenoxy) is 1. The van der Waals surface area contributed by atoms with Crippen LogP contribution in [0.5, 0.6) is 5.75 Å². The highest BCUT2D eigenvalue weighted by Crippen LogP contribution is 2.19. The van der Waals surface area contributed by atoms with Gasteiger partial charge in [-0.1, -0.05) is 13.8 Å². The SMILES string of the molecule is COc1ccncc1CNC(=O)c1ccc(NC(=O)CC(C)C)c(C)c1. The van der Waals surface area contributed by atoms with Gasteiger partial charge in [0.15, 0.2) is 0 Å². The lowest BCUT2D eigenvalue weighted by Gasteiger charge is -2.12. The van der Waals surface area contributed by atoms with Crippen LogP contribution in [0.3, 0.4) is 0 Å². The number of rotatable bonds is 7. The minimum Gasteiger partial charge on any atom is -0.496 e. The number of pyridine rings is 1. The molecule has 0 aliphatic carbocycles. The molecule has 0 unspecified atom stereocenters. The second-order valence-electron chi connectivity index (χ2n) is 6.55. The van der Waals surface area contributed by atoms with Crippen molar-refractivity contribution in [3.05, 3.63) is 53.3 Å². The van der Waals surface area contributed by atoms with Crippen molar-refractivity contribution in [1.29, 1.82) is 0 Å². The number of hydrogen-bond acceptors (Lipinski definition) is 4. The van der Waals surface area contributed by atoms with E-state index in [2.05, 4.69) is 15.6 Å². The van der Waals surface area contributed by atoms with Crippen LogP contribution in [0.1, 0.15) is 41.8 Å². The summed E-state index contributed by atoms with van der Waals surface area (Å²) in [5, 5.41) is 5.74. The second kappa shape index (κ2) is 8.99. The molecule has 2 N–H and O–H groups in total. The maximum Gasteiger partial charge on any atom is 0.251 e. The molecule has 2 amide bonds. The van der Waals surface area contributed by atoms with Crippen LogP contribution in [0.2, 0.25) is 0 Å². The summed E-state index contributed by atoms with van der Waals surface area (Å²) in [5.74, 6) is 0.757. The van der Waals surface area contributed by atoms with Gasteiger partial charge in [0, 0.05) is 42.2 Å². The number of hydrogen-bond donors (Lipinski definition) is 2. The summed E-state index contributed by atoms with van der Waals surface area (Å²) >= 11 is 0. The first-order chi connectivity index (χ1) is 12.4. The van der Waals surface area contributed by atoms with Crippen molar-refractivity contribution in [2.24, 2.45) is 5.92 Å². The van der Waals surface area contributed by atoms with Crippen molar-refractivity contribution >= 4 is 17.5 Å². The van der Waals surface area contributed by atoms with Crippen LogP contribution in [0, 0.1) is 12.8 Å². The topological polar surface area (TPSA) is 80.3 Å². The van der Waals surface area contributed by atoms with E-state index in [9.17, 15) is 9.59 Å². The number of nitrogens with one attached hydrogen (secondary N) is 2. The number of benzene rings is 1. The molecule has 0 aliphatic rings. The molecular weight excluding hydrogens is 330 g/mol. The van der Waals surface area contributed by atoms with Gasteiger partial charge in [0.05, 0.1) is 7.11 Å². The van der Waals surface area contributed by atoms with Crippen LogP contribution in [0.4, 0.5) is 5.69 Å². The van der Waals surface area contributed by atoms with Gasteiger partial charge in [-0.15, -0.1) is 0 Å². The molecule has 0 radical (unpaired) electrons. The summed E-state index contributed by atoms with van der Waals surface area (Å²) in [7, 11) is 1.58. The summed E-state index contributed by atoms with van der Waals surface area (Å²) in [6.07, 6.45) is 3.77. The third kappa shape index (κ3) is 5.31. The summed E-state index contributed by atoms with van der Waals surface area (Å²) in [5.41, 5.74) is 2.90. The van der Waals surface area contributed by atoms with Crippen LogP contribution in [-0.4, -0.2) is 23.9 Å². The van der Waals surface area contributed by atoms with E-state index in [0.29, 0.717) is 30.2 Å². The molecule has 0 bridgehead atoms. The van der Waals surface area contributed by atoms with Crippen molar-refractivity contribution in [3.8, 4) is 5.75 Å². The second-order valence-corrected chi connectivity index (χ2v) is 6.55. The van der Waals surface area contributed by atoms with Gasteiger partial charge in [-0.3, -0.25) is 14.6 Å². The first-order valence-electron chi connectivity index (χ1n) is 8.56. The predicted molar refractivity (Wildman–Crippen MR) is 101 cm³/mol. The fraction of sp³-hybridized carbons (Fsp3) is 0.350. The Morgan fingerprint density at radius 3 is 2.65 bits per heavy atom. The molecule has 1 aromatic carbocycles. The molecule has 0 fully saturated rings. The third-order valence-corrected chi connectivity index (χ3v) is 3.87. The van der Waals surface area contributed by atoms with E-state index in [0.717, 1.165) is 16.8 Å². The fourth-order valence-corrected chi connectivity index (χ4v) is 2.54. The standard InChI is InChI=1S/C20H25N3O3/c1-13(2)9-19(24)23-17-6-5-15(10-14(17)3)20(25)22-12-16-11-21-8-7-18(16)26-4/h5-8,10-11,13H,9,12H2,1-4H3,(H,22,25)(H,23,24). The first-order valence-corrected chi connectivity index (χ1v) is 8.56. The first kappa shape index (κ1) is 19.4. The highest BCUT2D eigenvalue weighted by Gasteiger charge is 2.11. The zero-order chi connectivity index (χ0) is 19.1. The number of methoxy groups -OCH3 is 1. The van der Waals surface area contributed by atoms with Gasteiger partial charge in [-0.05, 0) is 42.7 Å². The van der Waals surface area contributed by atoms with Crippen LogP contribution in [0.15, 0.2) is 36.7 Å². The number of amides is 2. The summed E-state index contributed by atoms with van der Waals surface area (Å²) in [6.45, 7) is 6.18. The minimum absolute atomic E-state index is 0.0241. The summed E-state index contributed by atoms with van der Waals surface area (Å²) in [6, 6.07) is 6.97. The van der Waals surface area contributed by atoms with E-state index in [1.807, 2.05) is 20.8 Å². The Morgan fingerprint density at radius 1 is 1.23 bits per heavy atom. The lowest BCUT2D eigenvalue weighted by atomic mass is 10.1.